The molecule has 3 aromatic rings. The first-order chi connectivity index (χ1) is 21.5. The van der Waals surface area contributed by atoms with Gasteiger partial charge in [0.2, 0.25) is 5.91 Å². The van der Waals surface area contributed by atoms with Gasteiger partial charge in [-0.1, -0.05) is 23.8 Å². The first kappa shape index (κ1) is 32.8. The van der Waals surface area contributed by atoms with Crippen LogP contribution in [0.4, 0.5) is 4.39 Å². The van der Waals surface area contributed by atoms with Crippen molar-refractivity contribution in [2.75, 3.05) is 26.2 Å². The fourth-order valence-corrected chi connectivity index (χ4v) is 5.30. The summed E-state index contributed by atoms with van der Waals surface area (Å²) >= 11 is 0. The number of rotatable bonds is 7. The summed E-state index contributed by atoms with van der Waals surface area (Å²) in [6.07, 6.45) is 6.49. The Hall–Kier alpha value is -5.10. The number of halogens is 1. The summed E-state index contributed by atoms with van der Waals surface area (Å²) in [5.74, 6) is -3.22. The number of fused-ring (bicyclic) bond motifs is 1. The number of carboxylic acids is 2. The number of pyridine rings is 1. The number of aromatic hydroxyl groups is 1. The molecule has 5 rings (SSSR count). The molecule has 236 valence electrons. The Balaban J connectivity index is 0.000000510. The number of amides is 2. The van der Waals surface area contributed by atoms with Crippen LogP contribution in [0.5, 0.6) is 5.75 Å². The van der Waals surface area contributed by atoms with Crippen molar-refractivity contribution >= 4 is 34.5 Å². The minimum absolute atomic E-state index is 0.0687. The Bertz CT molecular complexity index is 1630. The lowest BCUT2D eigenvalue weighted by molar-refractivity contribution is -0.134. The highest BCUT2D eigenvalue weighted by molar-refractivity contribution is 5.95. The van der Waals surface area contributed by atoms with Gasteiger partial charge >= 0.3 is 11.9 Å². The number of likely N-dealkylation sites (tertiary alicyclic amines) is 2. The molecule has 2 aromatic carbocycles. The molecule has 0 spiro atoms. The number of aryl methyl sites for hydroxylation is 1. The first-order valence-corrected chi connectivity index (χ1v) is 14.5. The summed E-state index contributed by atoms with van der Waals surface area (Å²) in [6, 6.07) is 12.5. The third kappa shape index (κ3) is 9.70. The molecule has 1 atom stereocenters. The third-order valence-corrected chi connectivity index (χ3v) is 7.50. The maximum absolute atomic E-state index is 13.4. The van der Waals surface area contributed by atoms with E-state index in [-0.39, 0.29) is 35.1 Å². The van der Waals surface area contributed by atoms with E-state index >= 15 is 0 Å². The van der Waals surface area contributed by atoms with Gasteiger partial charge in [-0.2, -0.15) is 0 Å². The van der Waals surface area contributed by atoms with Crippen molar-refractivity contribution in [1.82, 2.24) is 20.1 Å². The zero-order chi connectivity index (χ0) is 32.5. The smallest absolute Gasteiger partial charge is 0.328 e. The topological polar surface area (TPSA) is 160 Å². The minimum atomic E-state index is -1.26. The van der Waals surface area contributed by atoms with Crippen LogP contribution in [0.2, 0.25) is 0 Å². The summed E-state index contributed by atoms with van der Waals surface area (Å²) in [6.45, 7) is 5.26. The van der Waals surface area contributed by atoms with E-state index in [0.29, 0.717) is 38.1 Å². The highest BCUT2D eigenvalue weighted by Crippen LogP contribution is 2.23. The van der Waals surface area contributed by atoms with Crippen LogP contribution in [0.3, 0.4) is 0 Å². The Morgan fingerprint density at radius 2 is 1.64 bits per heavy atom. The SMILES string of the molecule is Cc1cnc(C(=O)N2CCC(=CC(=O)N[C@@H]3CCN(Cc4ccc5cc(F)ccc5c4)C3)CC2)c(O)c1.O=C(O)C=CC(=O)O. The van der Waals surface area contributed by atoms with Crippen LogP contribution in [0.1, 0.15) is 40.9 Å². The standard InChI is InChI=1S/C29H31FN4O3.C4H4O4/c1-19-12-26(35)28(31-16-19)29(37)34-10-6-20(7-11-34)14-27(36)32-25-8-9-33(18-25)17-21-2-3-23-15-24(30)5-4-22(23)13-21;5-3(6)1-2-4(7)8/h2-5,12-16,25,35H,6-11,17-18H2,1H3,(H,32,36);1-2H,(H,5,6)(H,7,8)/t25-;/m1./s1. The summed E-state index contributed by atoms with van der Waals surface area (Å²) in [5.41, 5.74) is 3.05. The molecule has 4 N–H and O–H groups in total. The second-order valence-electron chi connectivity index (χ2n) is 11.0. The van der Waals surface area contributed by atoms with Crippen molar-refractivity contribution in [2.24, 2.45) is 0 Å². The molecule has 2 aliphatic heterocycles. The van der Waals surface area contributed by atoms with Crippen LogP contribution < -0.4 is 5.32 Å². The van der Waals surface area contributed by atoms with Gasteiger partial charge in [-0.15, -0.1) is 0 Å². The maximum atomic E-state index is 13.4. The van der Waals surface area contributed by atoms with Crippen molar-refractivity contribution in [3.63, 3.8) is 0 Å². The Kier molecular flexibility index (Phi) is 11.0. The molecule has 2 amide bonds. The molecule has 12 heteroatoms. The monoisotopic (exact) mass is 618 g/mol. The van der Waals surface area contributed by atoms with Crippen molar-refractivity contribution in [3.05, 3.63) is 95.1 Å². The van der Waals surface area contributed by atoms with Gasteiger partial charge in [0, 0.05) is 63.2 Å². The summed E-state index contributed by atoms with van der Waals surface area (Å²) in [4.78, 5) is 52.6. The number of nitrogens with zero attached hydrogens (tertiary/aromatic N) is 3. The first-order valence-electron chi connectivity index (χ1n) is 14.5. The van der Waals surface area contributed by atoms with Gasteiger partial charge in [-0.25, -0.2) is 19.0 Å². The highest BCUT2D eigenvalue weighted by Gasteiger charge is 2.26. The number of carboxylic acid groups (broad SMARTS) is 2. The highest BCUT2D eigenvalue weighted by atomic mass is 19.1. The minimum Gasteiger partial charge on any atom is -0.505 e. The van der Waals surface area contributed by atoms with Crippen molar-refractivity contribution in [2.45, 2.75) is 38.8 Å². The van der Waals surface area contributed by atoms with Gasteiger partial charge in [0.05, 0.1) is 0 Å². The average molecular weight is 619 g/mol. The number of nitrogens with one attached hydrogen (secondary N) is 1. The van der Waals surface area contributed by atoms with Crippen molar-refractivity contribution in [3.8, 4) is 5.75 Å². The van der Waals surface area contributed by atoms with E-state index in [1.807, 2.05) is 19.1 Å². The third-order valence-electron chi connectivity index (χ3n) is 7.50. The largest absolute Gasteiger partial charge is 0.505 e. The lowest BCUT2D eigenvalue weighted by Gasteiger charge is -2.28. The van der Waals surface area contributed by atoms with Crippen LogP contribution in [0.15, 0.2) is 72.5 Å². The second kappa shape index (κ2) is 15.1. The fourth-order valence-electron chi connectivity index (χ4n) is 5.30. The molecule has 0 unspecified atom stereocenters. The van der Waals surface area contributed by atoms with Crippen molar-refractivity contribution in [1.29, 1.82) is 0 Å². The number of aliphatic carboxylic acids is 2. The normalized spacial score (nSPS) is 16.7. The Morgan fingerprint density at radius 3 is 2.31 bits per heavy atom. The van der Waals surface area contributed by atoms with Gasteiger partial charge in [0.25, 0.3) is 5.91 Å². The molecule has 2 saturated heterocycles. The van der Waals surface area contributed by atoms with E-state index in [1.54, 1.807) is 29.3 Å². The van der Waals surface area contributed by atoms with Gasteiger partial charge < -0.3 is 25.5 Å². The average Bonchev–Trinajstić information content (AvgIpc) is 3.42. The fraction of sp³-hybridized carbons (Fsp3) is 0.303. The molecule has 0 aliphatic carbocycles. The number of hydrogen-bond donors (Lipinski definition) is 4. The van der Waals surface area contributed by atoms with E-state index in [1.165, 1.54) is 17.7 Å². The molecule has 1 aromatic heterocycles. The molecule has 11 nitrogen and oxygen atoms in total. The lowest BCUT2D eigenvalue weighted by Crippen LogP contribution is -2.38. The van der Waals surface area contributed by atoms with Crippen LogP contribution in [-0.2, 0) is 20.9 Å². The molecule has 0 bridgehead atoms. The number of carbonyl (C=O) groups is 4. The van der Waals surface area contributed by atoms with Crippen molar-refractivity contribution < 1.29 is 38.9 Å². The molecular formula is C33H35FN4O7. The van der Waals surface area contributed by atoms with Gasteiger partial charge in [-0.05, 0) is 72.4 Å². The second-order valence-corrected chi connectivity index (χ2v) is 11.0. The molecule has 3 heterocycles. The molecule has 0 radical (unpaired) electrons. The van der Waals surface area contributed by atoms with E-state index in [9.17, 15) is 28.7 Å². The lowest BCUT2D eigenvalue weighted by atomic mass is 10.0. The van der Waals surface area contributed by atoms with Crippen LogP contribution in [-0.4, -0.2) is 86.1 Å². The Morgan fingerprint density at radius 1 is 0.978 bits per heavy atom. The van der Waals surface area contributed by atoms with Crippen LogP contribution >= 0.6 is 0 Å². The zero-order valence-electron chi connectivity index (χ0n) is 24.8. The zero-order valence-corrected chi connectivity index (χ0v) is 24.8. The van der Waals surface area contributed by atoms with Gasteiger partial charge in [0.1, 0.15) is 11.6 Å². The maximum Gasteiger partial charge on any atom is 0.328 e. The van der Waals surface area contributed by atoms with Crippen LogP contribution in [0, 0.1) is 12.7 Å². The predicted octanol–water partition coefficient (Wildman–Crippen LogP) is 3.65. The van der Waals surface area contributed by atoms with E-state index in [2.05, 4.69) is 21.3 Å². The van der Waals surface area contributed by atoms with Gasteiger partial charge in [0.15, 0.2) is 5.69 Å². The predicted molar refractivity (Wildman–Crippen MR) is 164 cm³/mol. The molecule has 2 fully saturated rings. The molecule has 2 aliphatic rings. The Labute approximate surface area is 259 Å². The number of hydrogen-bond acceptors (Lipinski definition) is 7. The van der Waals surface area contributed by atoms with E-state index < -0.39 is 11.9 Å². The summed E-state index contributed by atoms with van der Waals surface area (Å²) < 4.78 is 13.4. The quantitative estimate of drug-likeness (QED) is 0.290. The summed E-state index contributed by atoms with van der Waals surface area (Å²) in [7, 11) is 0. The number of benzene rings is 2. The number of aromatic nitrogens is 1. The number of carbonyl (C=O) groups excluding carboxylic acids is 2. The molecule has 45 heavy (non-hydrogen) atoms. The molecule has 0 saturated carbocycles. The van der Waals surface area contributed by atoms with Gasteiger partial charge in [-0.3, -0.25) is 14.5 Å². The number of piperidine rings is 1. The molecular weight excluding hydrogens is 583 g/mol. The van der Waals surface area contributed by atoms with E-state index in [4.69, 9.17) is 10.2 Å². The van der Waals surface area contributed by atoms with Crippen LogP contribution in [0.25, 0.3) is 10.8 Å². The summed E-state index contributed by atoms with van der Waals surface area (Å²) in [5, 5.41) is 30.7. The van der Waals surface area contributed by atoms with E-state index in [0.717, 1.165) is 48.0 Å².